The zero-order valence-corrected chi connectivity index (χ0v) is 74.6. The number of halogens is 5. The maximum absolute atomic E-state index is 14.8. The van der Waals surface area contributed by atoms with Crippen LogP contribution in [-0.4, -0.2) is 0 Å². The predicted molar refractivity (Wildman–Crippen MR) is 513 cm³/mol. The molecular formula is C115H99F5N5O5+5. The highest BCUT2D eigenvalue weighted by Gasteiger charge is 2.29. The molecule has 0 saturated carbocycles. The van der Waals surface area contributed by atoms with Crippen LogP contribution in [0.15, 0.2) is 326 Å². The molecule has 22 rings (SSSR count). The number of aromatic nitrogens is 5. The van der Waals surface area contributed by atoms with Gasteiger partial charge in [0.1, 0.15) is 120 Å². The van der Waals surface area contributed by atoms with Crippen LogP contribution in [0.1, 0.15) is 86.2 Å². The van der Waals surface area contributed by atoms with Crippen LogP contribution in [0.4, 0.5) is 22.0 Å². The second kappa shape index (κ2) is 35.3. The minimum Gasteiger partial charge on any atom is -0.455 e. The molecule has 130 heavy (non-hydrogen) atoms. The zero-order valence-electron chi connectivity index (χ0n) is 80.6. The van der Waals surface area contributed by atoms with Gasteiger partial charge in [-0.25, -0.2) is 44.8 Å². The van der Waals surface area contributed by atoms with E-state index in [4.69, 9.17) is 30.3 Å². The van der Waals surface area contributed by atoms with Gasteiger partial charge in [-0.1, -0.05) is 149 Å². The number of furan rings is 5. The van der Waals surface area contributed by atoms with Crippen LogP contribution in [-0.2, 0) is 41.6 Å². The molecule has 1 unspecified atom stereocenters. The summed E-state index contributed by atoms with van der Waals surface area (Å²) < 4.78 is 160. The SMILES string of the molecule is Cc1ccc2c(oc3c(-c4ccccc4)c(F)ccc32)c1-c1cccc[n+]1C.Cc1ccc2c(oc3c(C)c(F)ccc32)c1-c1cccc[n+]1C.Cc1ccc2c(oc3cc(F)cc(-c4ccccc4)c32)c1-c1cccc[n+]1C.[2H]C([2H])([2H])C([2H])(C)c1cc[n+](C)c(-c2c(C)ccc3c2oc2cc(F)ccc23)c1.[2H]C([2H])(c1ccc(-c2c(C)ccc3c2oc2cc(F)ccc23)[n+](C)c1)C(C)C. The van der Waals surface area contributed by atoms with Gasteiger partial charge in [-0.3, -0.25) is 0 Å². The van der Waals surface area contributed by atoms with E-state index in [1.807, 2.05) is 236 Å². The van der Waals surface area contributed by atoms with E-state index in [1.165, 1.54) is 49.4 Å². The summed E-state index contributed by atoms with van der Waals surface area (Å²) in [5.74, 6) is -3.39. The molecule has 1 atom stereocenters. The van der Waals surface area contributed by atoms with Crippen molar-refractivity contribution >= 4 is 110 Å². The Balaban J connectivity index is 0.000000113. The molecule has 0 aliphatic heterocycles. The summed E-state index contributed by atoms with van der Waals surface area (Å²) in [6.45, 7) is 14.6. The Morgan fingerprint density at radius 3 is 1.17 bits per heavy atom. The summed E-state index contributed by atoms with van der Waals surface area (Å²) in [5, 5.41) is 9.34. The van der Waals surface area contributed by atoms with Gasteiger partial charge in [-0.2, -0.15) is 0 Å². The summed E-state index contributed by atoms with van der Waals surface area (Å²) in [6, 6.07) is 84.2. The molecule has 0 bridgehead atoms. The number of nitrogens with zero attached hydrogens (tertiary/aromatic N) is 5. The minimum atomic E-state index is -2.47. The van der Waals surface area contributed by atoms with E-state index in [0.29, 0.717) is 55.8 Å². The summed E-state index contributed by atoms with van der Waals surface area (Å²) in [5.41, 5.74) is 26.3. The Hall–Kier alpha value is -15.0. The molecule has 644 valence electrons. The predicted octanol–water partition coefficient (Wildman–Crippen LogP) is 28.6. The molecule has 22 aromatic rings. The first kappa shape index (κ1) is 78.5. The molecule has 0 N–H and O–H groups in total. The second-order valence-electron chi connectivity index (χ2n) is 33.7. The van der Waals surface area contributed by atoms with E-state index in [0.717, 1.165) is 177 Å². The molecular weight excluding hydrogens is 1630 g/mol. The van der Waals surface area contributed by atoms with E-state index in [-0.39, 0.29) is 35.0 Å². The number of rotatable bonds is 10. The second-order valence-corrected chi connectivity index (χ2v) is 33.7. The Labute approximate surface area is 759 Å². The highest BCUT2D eigenvalue weighted by atomic mass is 19.1. The van der Waals surface area contributed by atoms with Gasteiger partial charge in [0.2, 0.25) is 28.5 Å². The molecule has 15 heteroatoms. The summed E-state index contributed by atoms with van der Waals surface area (Å²) in [4.78, 5) is 0. The van der Waals surface area contributed by atoms with Crippen LogP contribution < -0.4 is 22.8 Å². The first-order valence-corrected chi connectivity index (χ1v) is 43.2. The largest absolute Gasteiger partial charge is 0.455 e. The van der Waals surface area contributed by atoms with Gasteiger partial charge in [0.05, 0.1) is 33.4 Å². The standard InChI is InChI=1S/2C25H19FNO.C23H23FNO.C22H21FNO.C20H17FNO/c1-16-11-12-18-19-13-14-20(26)23(17-8-4-3-5-9-17)25(19)28-24(18)22(16)21-10-6-7-15-27(21)2;1-16-11-12-19-24-20(17-8-4-3-5-9-17)14-18(26)15-22(24)28-25(19)23(16)21-10-6-7-13-27(21)2;1-14(2)11-16-6-10-20(25(4)13-16)22-15(3)5-8-19-18-9-7-17(24)12-21(18)26-23(19)22;1-13(2)15-9-10-24(4)19(11-15)21-14(3)5-7-18-17-8-6-16(23)12-20(17)25-22(18)21;1-12-7-8-15-14-9-10-16(21)13(2)19(14)23-20(15)18(12)17-6-4-5-11-22(17)3/h2*3-15H,1-2H3;5-10,12-14H,11H2,1-4H3;5-13H,1-4H3;4-11H,1-3H3/q5*+1/i;;11D2;1D3,13D;. The first-order chi connectivity index (χ1) is 65.1. The smallest absolute Gasteiger partial charge is 0.216 e. The molecule has 0 spiro atoms. The Kier molecular flexibility index (Phi) is 21.3. The molecule has 12 aromatic carbocycles. The van der Waals surface area contributed by atoms with Gasteiger partial charge in [-0.05, 0) is 189 Å². The lowest BCUT2D eigenvalue weighted by Crippen LogP contribution is -2.31. The molecule has 10 aromatic heterocycles. The number of hydrogen-bond donors (Lipinski definition) is 0. The topological polar surface area (TPSA) is 85.1 Å². The van der Waals surface area contributed by atoms with Crippen molar-refractivity contribution in [2.75, 3.05) is 0 Å². The van der Waals surface area contributed by atoms with Crippen LogP contribution in [0.3, 0.4) is 0 Å². The Morgan fingerprint density at radius 2 is 0.692 bits per heavy atom. The van der Waals surface area contributed by atoms with E-state index < -0.39 is 19.1 Å². The molecule has 0 aliphatic rings. The van der Waals surface area contributed by atoms with Crippen molar-refractivity contribution in [1.82, 2.24) is 0 Å². The number of fused-ring (bicyclic) bond motifs is 15. The lowest BCUT2D eigenvalue weighted by atomic mass is 9.96. The average Bonchev–Trinajstić information content (AvgIpc) is 1.59. The number of hydrogen-bond acceptors (Lipinski definition) is 5. The van der Waals surface area contributed by atoms with Gasteiger partial charge in [0, 0.05) is 146 Å². The van der Waals surface area contributed by atoms with Crippen molar-refractivity contribution in [1.29, 1.82) is 0 Å². The van der Waals surface area contributed by atoms with Gasteiger partial charge >= 0.3 is 0 Å². The highest BCUT2D eigenvalue weighted by Crippen LogP contribution is 2.47. The van der Waals surface area contributed by atoms with E-state index >= 15 is 0 Å². The number of pyridine rings is 5. The van der Waals surface area contributed by atoms with Crippen LogP contribution in [0.2, 0.25) is 0 Å². The monoisotopic (exact) mass is 1730 g/mol. The molecule has 0 fully saturated rings. The minimum absolute atomic E-state index is 0.131. The lowest BCUT2D eigenvalue weighted by molar-refractivity contribution is -0.660. The summed E-state index contributed by atoms with van der Waals surface area (Å²) in [7, 11) is 9.82. The molecule has 0 amide bonds. The molecule has 0 aliphatic carbocycles. The highest BCUT2D eigenvalue weighted by molar-refractivity contribution is 6.17. The van der Waals surface area contributed by atoms with Gasteiger partial charge < -0.3 is 22.1 Å². The quantitative estimate of drug-likeness (QED) is 0.101. The first-order valence-electron chi connectivity index (χ1n) is 46.2. The van der Waals surface area contributed by atoms with Crippen molar-refractivity contribution in [3.05, 3.63) is 378 Å². The maximum Gasteiger partial charge on any atom is 0.216 e. The fraction of sp³-hybridized carbons (Fsp3) is 0.157. The van der Waals surface area contributed by atoms with Crippen LogP contribution in [0.5, 0.6) is 0 Å². The molecule has 10 nitrogen and oxygen atoms in total. The van der Waals surface area contributed by atoms with Crippen LogP contribution >= 0.6 is 0 Å². The van der Waals surface area contributed by atoms with E-state index in [9.17, 15) is 22.0 Å². The zero-order chi connectivity index (χ0) is 96.0. The summed E-state index contributed by atoms with van der Waals surface area (Å²) in [6.07, 6.45) is 8.24. The number of benzene rings is 12. The lowest BCUT2D eigenvalue weighted by Gasteiger charge is -2.09. The third kappa shape index (κ3) is 16.1. The Morgan fingerprint density at radius 1 is 0.315 bits per heavy atom. The summed E-state index contributed by atoms with van der Waals surface area (Å²) >= 11 is 0. The van der Waals surface area contributed by atoms with Crippen molar-refractivity contribution in [2.45, 2.75) is 81.4 Å². The van der Waals surface area contributed by atoms with E-state index in [2.05, 4.69) is 89.1 Å². The Bertz CT molecular complexity index is 8430. The van der Waals surface area contributed by atoms with Gasteiger partial charge in [0.15, 0.2) is 31.0 Å². The van der Waals surface area contributed by atoms with Gasteiger partial charge in [-0.15, -0.1) is 0 Å². The third-order valence-electron chi connectivity index (χ3n) is 24.5. The molecule has 0 saturated heterocycles. The van der Waals surface area contributed by atoms with Crippen LogP contribution in [0, 0.1) is 76.5 Å². The normalized spacial score (nSPS) is 12.9. The van der Waals surface area contributed by atoms with Gasteiger partial charge in [0.25, 0.3) is 0 Å². The van der Waals surface area contributed by atoms with E-state index in [1.54, 1.807) is 49.5 Å². The van der Waals surface area contributed by atoms with Crippen molar-refractivity contribution in [3.63, 3.8) is 0 Å². The maximum atomic E-state index is 14.8. The average molecular weight is 1730 g/mol. The molecule has 0 radical (unpaired) electrons. The van der Waals surface area contributed by atoms with Crippen molar-refractivity contribution < 1.29 is 75.1 Å². The van der Waals surface area contributed by atoms with Crippen LogP contribution in [0.25, 0.3) is 188 Å². The fourth-order valence-corrected chi connectivity index (χ4v) is 17.9. The van der Waals surface area contributed by atoms with Crippen molar-refractivity contribution in [2.24, 2.45) is 41.2 Å². The third-order valence-corrected chi connectivity index (χ3v) is 24.5. The van der Waals surface area contributed by atoms with Crippen molar-refractivity contribution in [3.8, 4) is 78.5 Å². The number of aryl methyl sites for hydroxylation is 11. The fourth-order valence-electron chi connectivity index (χ4n) is 17.9. The molecule has 10 heterocycles.